The first kappa shape index (κ1) is 15.0. The monoisotopic (exact) mass is 290 g/mol. The summed E-state index contributed by atoms with van der Waals surface area (Å²) in [4.78, 5) is 35.6. The highest BCUT2D eigenvalue weighted by Crippen LogP contribution is 2.17. The molecule has 112 valence electrons. The van der Waals surface area contributed by atoms with Crippen LogP contribution in [0.3, 0.4) is 0 Å². The number of fused-ring (bicyclic) bond motifs is 1. The maximum Gasteiger partial charge on any atom is 0.240 e. The number of nitrogens with two attached hydrogens (primary N) is 2. The lowest BCUT2D eigenvalue weighted by molar-refractivity contribution is -0.139. The number of primary amides is 2. The van der Waals surface area contributed by atoms with E-state index in [0.717, 1.165) is 16.0 Å². The third-order valence-corrected chi connectivity index (χ3v) is 3.38. The quantitative estimate of drug-likeness (QED) is 0.611. The van der Waals surface area contributed by atoms with Crippen LogP contribution in [0.15, 0.2) is 24.3 Å². The molecule has 0 spiro atoms. The molecule has 0 saturated carbocycles. The molecule has 5 N–H and O–H groups in total. The second-order valence-electron chi connectivity index (χ2n) is 5.03. The summed E-state index contributed by atoms with van der Waals surface area (Å²) in [5.74, 6) is -1.70. The Morgan fingerprint density at radius 3 is 2.24 bits per heavy atom. The van der Waals surface area contributed by atoms with E-state index in [4.69, 9.17) is 11.5 Å². The van der Waals surface area contributed by atoms with E-state index in [-0.39, 0.29) is 19.0 Å². The minimum atomic E-state index is -0.680. The van der Waals surface area contributed by atoms with E-state index in [9.17, 15) is 14.4 Å². The molecule has 3 amide bonds. The minimum Gasteiger partial charge on any atom is -0.368 e. The molecule has 0 radical (unpaired) electrons. The van der Waals surface area contributed by atoms with E-state index in [0.29, 0.717) is 13.0 Å². The van der Waals surface area contributed by atoms with Crippen LogP contribution in [0.5, 0.6) is 0 Å². The van der Waals surface area contributed by atoms with E-state index in [1.807, 2.05) is 24.3 Å². The fourth-order valence-electron chi connectivity index (χ4n) is 2.44. The van der Waals surface area contributed by atoms with Crippen molar-refractivity contribution >= 4 is 17.7 Å². The summed E-state index contributed by atoms with van der Waals surface area (Å²) in [6.07, 6.45) is 0.503. The summed E-state index contributed by atoms with van der Waals surface area (Å²) in [5, 5.41) is 3.11. The molecule has 21 heavy (non-hydrogen) atoms. The average molecular weight is 290 g/mol. The van der Waals surface area contributed by atoms with Gasteiger partial charge in [-0.15, -0.1) is 0 Å². The van der Waals surface area contributed by atoms with Crippen LogP contribution in [-0.2, 0) is 27.3 Å². The van der Waals surface area contributed by atoms with Gasteiger partial charge in [-0.2, -0.15) is 0 Å². The molecule has 0 saturated heterocycles. The molecule has 0 bridgehead atoms. The molecule has 7 nitrogen and oxygen atoms in total. The number of nitrogens with one attached hydrogen (secondary N) is 1. The molecule has 1 unspecified atom stereocenters. The standard InChI is InChI=1S/C14H18N4O3/c15-12(19)7-18(8-13(16)20)14(21)11-5-9-3-1-2-4-10(9)6-17-11/h1-4,11,17H,5-8H2,(H2,15,19)(H2,16,20). The normalized spacial score (nSPS) is 16.9. The van der Waals surface area contributed by atoms with Crippen LogP contribution in [0.4, 0.5) is 0 Å². The van der Waals surface area contributed by atoms with Crippen molar-refractivity contribution < 1.29 is 14.4 Å². The van der Waals surface area contributed by atoms with Crippen molar-refractivity contribution in [2.45, 2.75) is 19.0 Å². The van der Waals surface area contributed by atoms with Crippen molar-refractivity contribution in [2.75, 3.05) is 13.1 Å². The van der Waals surface area contributed by atoms with Crippen LogP contribution < -0.4 is 16.8 Å². The van der Waals surface area contributed by atoms with Crippen molar-refractivity contribution in [2.24, 2.45) is 11.5 Å². The summed E-state index contributed by atoms with van der Waals surface area (Å²) in [6.45, 7) is -0.0727. The first-order valence-electron chi connectivity index (χ1n) is 6.63. The molecule has 1 aromatic rings. The summed E-state index contributed by atoms with van der Waals surface area (Å²) >= 11 is 0. The Bertz CT molecular complexity index is 557. The van der Waals surface area contributed by atoms with Gasteiger partial charge in [0.05, 0.1) is 19.1 Å². The Balaban J connectivity index is 2.11. The molecular weight excluding hydrogens is 272 g/mol. The van der Waals surface area contributed by atoms with E-state index in [1.165, 1.54) is 0 Å². The van der Waals surface area contributed by atoms with Crippen LogP contribution in [0.25, 0.3) is 0 Å². The van der Waals surface area contributed by atoms with Crippen molar-refractivity contribution in [3.05, 3.63) is 35.4 Å². The highest BCUT2D eigenvalue weighted by molar-refractivity contribution is 5.90. The van der Waals surface area contributed by atoms with Gasteiger partial charge in [0.1, 0.15) is 0 Å². The van der Waals surface area contributed by atoms with Crippen LogP contribution in [-0.4, -0.2) is 41.8 Å². The van der Waals surface area contributed by atoms with E-state index < -0.39 is 17.9 Å². The number of nitrogens with zero attached hydrogens (tertiary/aromatic N) is 1. The second kappa shape index (κ2) is 6.36. The highest BCUT2D eigenvalue weighted by Gasteiger charge is 2.29. The predicted octanol–water partition coefficient (Wildman–Crippen LogP) is -1.50. The Hall–Kier alpha value is -2.41. The van der Waals surface area contributed by atoms with Crippen molar-refractivity contribution in [3.63, 3.8) is 0 Å². The lowest BCUT2D eigenvalue weighted by Gasteiger charge is -2.29. The van der Waals surface area contributed by atoms with Crippen LogP contribution in [0.2, 0.25) is 0 Å². The molecule has 0 fully saturated rings. The largest absolute Gasteiger partial charge is 0.368 e. The van der Waals surface area contributed by atoms with Gasteiger partial charge in [-0.3, -0.25) is 14.4 Å². The number of rotatable bonds is 5. The Kier molecular flexibility index (Phi) is 4.54. The zero-order valence-electron chi connectivity index (χ0n) is 11.5. The van der Waals surface area contributed by atoms with Crippen molar-refractivity contribution in [1.29, 1.82) is 0 Å². The second-order valence-corrected chi connectivity index (χ2v) is 5.03. The SMILES string of the molecule is NC(=O)CN(CC(N)=O)C(=O)C1Cc2ccccc2CN1. The molecule has 0 aromatic heterocycles. The molecule has 1 aliphatic heterocycles. The lowest BCUT2D eigenvalue weighted by atomic mass is 9.95. The number of carbonyl (C=O) groups is 3. The molecule has 0 aliphatic carbocycles. The van der Waals surface area contributed by atoms with E-state index >= 15 is 0 Å². The minimum absolute atomic E-state index is 0.318. The van der Waals surface area contributed by atoms with E-state index in [1.54, 1.807) is 0 Å². The number of carbonyl (C=O) groups excluding carboxylic acids is 3. The molecule has 2 rings (SSSR count). The molecule has 1 atom stereocenters. The average Bonchev–Trinajstić information content (AvgIpc) is 2.44. The van der Waals surface area contributed by atoms with Gasteiger partial charge in [-0.1, -0.05) is 24.3 Å². The smallest absolute Gasteiger partial charge is 0.240 e. The van der Waals surface area contributed by atoms with Gasteiger partial charge in [0.15, 0.2) is 0 Å². The Morgan fingerprint density at radius 2 is 1.67 bits per heavy atom. The Labute approximate surface area is 122 Å². The van der Waals surface area contributed by atoms with Gasteiger partial charge in [0, 0.05) is 6.54 Å². The predicted molar refractivity (Wildman–Crippen MR) is 75.7 cm³/mol. The van der Waals surface area contributed by atoms with Gasteiger partial charge in [0.25, 0.3) is 0 Å². The lowest BCUT2D eigenvalue weighted by Crippen LogP contribution is -2.53. The van der Waals surface area contributed by atoms with Crippen LogP contribution >= 0.6 is 0 Å². The fourth-order valence-corrected chi connectivity index (χ4v) is 2.44. The third-order valence-electron chi connectivity index (χ3n) is 3.38. The van der Waals surface area contributed by atoms with Gasteiger partial charge in [-0.25, -0.2) is 0 Å². The molecule has 1 aromatic carbocycles. The summed E-state index contributed by atoms with van der Waals surface area (Å²) in [6, 6.07) is 7.32. The van der Waals surface area contributed by atoms with Crippen molar-refractivity contribution in [3.8, 4) is 0 Å². The number of hydrogen-bond donors (Lipinski definition) is 3. The molecular formula is C14H18N4O3. The number of benzene rings is 1. The zero-order valence-corrected chi connectivity index (χ0v) is 11.5. The summed E-state index contributed by atoms with van der Waals surface area (Å²) < 4.78 is 0. The van der Waals surface area contributed by atoms with Gasteiger partial charge >= 0.3 is 0 Å². The zero-order chi connectivity index (χ0) is 15.4. The molecule has 7 heteroatoms. The van der Waals surface area contributed by atoms with Gasteiger partial charge in [-0.05, 0) is 17.5 Å². The van der Waals surface area contributed by atoms with Crippen LogP contribution in [0.1, 0.15) is 11.1 Å². The first-order chi connectivity index (χ1) is 9.97. The van der Waals surface area contributed by atoms with Gasteiger partial charge < -0.3 is 21.7 Å². The molecule has 1 heterocycles. The topological polar surface area (TPSA) is 119 Å². The van der Waals surface area contributed by atoms with Crippen LogP contribution in [0, 0.1) is 0 Å². The maximum atomic E-state index is 12.4. The Morgan fingerprint density at radius 1 is 1.10 bits per heavy atom. The third kappa shape index (κ3) is 3.79. The highest BCUT2D eigenvalue weighted by atomic mass is 16.2. The van der Waals surface area contributed by atoms with Gasteiger partial charge in [0.2, 0.25) is 17.7 Å². The number of hydrogen-bond acceptors (Lipinski definition) is 4. The van der Waals surface area contributed by atoms with E-state index in [2.05, 4.69) is 5.32 Å². The first-order valence-corrected chi connectivity index (χ1v) is 6.63. The summed E-state index contributed by atoms with van der Waals surface area (Å²) in [7, 11) is 0. The molecule has 1 aliphatic rings. The number of amides is 3. The summed E-state index contributed by atoms with van der Waals surface area (Å²) in [5.41, 5.74) is 12.4. The van der Waals surface area contributed by atoms with Crippen molar-refractivity contribution in [1.82, 2.24) is 10.2 Å². The maximum absolute atomic E-state index is 12.4. The fraction of sp³-hybridized carbons (Fsp3) is 0.357.